The van der Waals surface area contributed by atoms with Crippen molar-refractivity contribution in [1.29, 1.82) is 5.41 Å². The molecule has 1 aliphatic rings. The van der Waals surface area contributed by atoms with Crippen LogP contribution in [0.4, 0.5) is 11.4 Å². The lowest BCUT2D eigenvalue weighted by molar-refractivity contribution is -0.131. The summed E-state index contributed by atoms with van der Waals surface area (Å²) in [6.45, 7) is 2.51. The molecule has 0 bridgehead atoms. The highest BCUT2D eigenvalue weighted by atomic mass is 35.5. The summed E-state index contributed by atoms with van der Waals surface area (Å²) in [6, 6.07) is 15.5. The van der Waals surface area contributed by atoms with Crippen molar-refractivity contribution < 1.29 is 22.1 Å². The molecule has 1 aliphatic heterocycles. The number of rotatable bonds is 10. The predicted octanol–water partition coefficient (Wildman–Crippen LogP) is 4.39. The van der Waals surface area contributed by atoms with Crippen molar-refractivity contribution in [1.82, 2.24) is 4.98 Å². The van der Waals surface area contributed by atoms with Crippen LogP contribution in [0.2, 0.25) is 5.02 Å². The van der Waals surface area contributed by atoms with E-state index in [1.54, 1.807) is 60.9 Å². The number of nitrogen functional groups attached to an aromatic ring is 1. The van der Waals surface area contributed by atoms with Crippen molar-refractivity contribution in [2.75, 3.05) is 28.8 Å². The molecule has 40 heavy (non-hydrogen) atoms. The van der Waals surface area contributed by atoms with Gasteiger partial charge in [0.05, 0.1) is 17.3 Å². The number of hydrogen-bond donors (Lipinski definition) is 2. The Balaban J connectivity index is 1.48. The minimum atomic E-state index is -4.47. The largest absolute Gasteiger partial charge is 0.489 e. The molecule has 0 aliphatic carbocycles. The highest BCUT2D eigenvalue weighted by Gasteiger charge is 2.27. The van der Waals surface area contributed by atoms with Crippen LogP contribution in [-0.4, -0.2) is 50.9 Å². The van der Waals surface area contributed by atoms with Gasteiger partial charge in [-0.2, -0.15) is 8.42 Å². The fourth-order valence-corrected chi connectivity index (χ4v) is 5.57. The van der Waals surface area contributed by atoms with E-state index in [9.17, 15) is 13.2 Å². The van der Waals surface area contributed by atoms with E-state index >= 15 is 0 Å². The van der Waals surface area contributed by atoms with Crippen molar-refractivity contribution in [3.05, 3.63) is 89.2 Å². The average molecular weight is 584 g/mol. The first kappa shape index (κ1) is 28.9. The van der Waals surface area contributed by atoms with Crippen LogP contribution < -0.4 is 19.7 Å². The first-order chi connectivity index (χ1) is 19.1. The predicted molar refractivity (Wildman–Crippen MR) is 156 cm³/mol. The fraction of sp³-hybridized carbons (Fsp3) is 0.250. The fourth-order valence-electron chi connectivity index (χ4n) is 4.32. The number of nitrogens with zero attached hydrogens (tertiary/aromatic N) is 3. The molecule has 0 spiro atoms. The SMILES string of the molecule is CC(=O)OS(=O)(=O)N(C/C=C/c1cccc(C(=N)N)c1)c1ccc(OC2CCN(c3ccncc3)CC2)c(Cl)c1. The topological polar surface area (TPSA) is 139 Å². The standard InChI is InChI=1S/C28H30ClN5O5S/c1-20(35)39-40(36,37)34(15-3-5-21-4-2-6-22(18-21)28(30)31)24-7-8-27(26(29)19-24)38-25-11-16-33(17-12-25)23-9-13-32-14-10-23/h2-10,13-14,18-19,25H,11-12,15-17H2,1H3,(H3,30,31)/b5-3+. The van der Waals surface area contributed by atoms with Crippen molar-refractivity contribution in [2.45, 2.75) is 25.9 Å². The Bertz CT molecular complexity index is 1490. The van der Waals surface area contributed by atoms with Crippen molar-refractivity contribution in [2.24, 2.45) is 5.73 Å². The summed E-state index contributed by atoms with van der Waals surface area (Å²) in [6.07, 6.45) is 8.36. The van der Waals surface area contributed by atoms with Gasteiger partial charge in [0, 0.05) is 56.5 Å². The number of amidine groups is 1. The van der Waals surface area contributed by atoms with Gasteiger partial charge in [0.15, 0.2) is 0 Å². The van der Waals surface area contributed by atoms with Crippen LogP contribution in [-0.2, 0) is 19.3 Å². The monoisotopic (exact) mass is 583 g/mol. The Kier molecular flexibility index (Phi) is 9.28. The molecular formula is C28H30ClN5O5S. The molecule has 0 saturated carbocycles. The minimum absolute atomic E-state index is 0.0454. The zero-order chi connectivity index (χ0) is 28.7. The number of aromatic nitrogens is 1. The van der Waals surface area contributed by atoms with Crippen LogP contribution in [0.1, 0.15) is 30.9 Å². The number of carbonyl (C=O) groups is 1. The Hall–Kier alpha value is -4.09. The molecule has 2 heterocycles. The molecule has 4 rings (SSSR count). The first-order valence-corrected chi connectivity index (χ1v) is 14.3. The van der Waals surface area contributed by atoms with Crippen LogP contribution in [0.15, 0.2) is 73.1 Å². The molecule has 0 unspecified atom stereocenters. The van der Waals surface area contributed by atoms with Crippen LogP contribution in [0.5, 0.6) is 5.75 Å². The summed E-state index contributed by atoms with van der Waals surface area (Å²) in [5, 5.41) is 7.82. The van der Waals surface area contributed by atoms with Gasteiger partial charge in [0.1, 0.15) is 17.7 Å². The van der Waals surface area contributed by atoms with E-state index in [-0.39, 0.29) is 29.2 Å². The Morgan fingerprint density at radius 3 is 2.55 bits per heavy atom. The van der Waals surface area contributed by atoms with Gasteiger partial charge in [0.2, 0.25) is 0 Å². The normalized spacial score (nSPS) is 14.2. The number of ether oxygens (including phenoxy) is 1. The Morgan fingerprint density at radius 1 is 1.18 bits per heavy atom. The number of halogens is 1. The zero-order valence-corrected chi connectivity index (χ0v) is 23.4. The summed E-state index contributed by atoms with van der Waals surface area (Å²) in [7, 11) is -4.47. The molecule has 10 nitrogen and oxygen atoms in total. The van der Waals surface area contributed by atoms with E-state index in [4.69, 9.17) is 27.5 Å². The Morgan fingerprint density at radius 2 is 1.90 bits per heavy atom. The van der Waals surface area contributed by atoms with Crippen LogP contribution in [0.3, 0.4) is 0 Å². The molecule has 3 aromatic rings. The van der Waals surface area contributed by atoms with Crippen molar-refractivity contribution in [3.63, 3.8) is 0 Å². The van der Waals surface area contributed by atoms with Crippen LogP contribution >= 0.6 is 11.6 Å². The molecule has 2 aromatic carbocycles. The third-order valence-corrected chi connectivity index (χ3v) is 7.88. The van der Waals surface area contributed by atoms with Gasteiger partial charge in [-0.1, -0.05) is 42.0 Å². The molecule has 3 N–H and O–H groups in total. The lowest BCUT2D eigenvalue weighted by atomic mass is 10.1. The zero-order valence-electron chi connectivity index (χ0n) is 21.9. The summed E-state index contributed by atoms with van der Waals surface area (Å²) >= 11 is 6.53. The van der Waals surface area contributed by atoms with Gasteiger partial charge in [0.25, 0.3) is 0 Å². The van der Waals surface area contributed by atoms with Gasteiger partial charge in [-0.05, 0) is 42.0 Å². The minimum Gasteiger partial charge on any atom is -0.489 e. The number of carbonyl (C=O) groups excluding carboxylic acids is 1. The second-order valence-corrected chi connectivity index (χ2v) is 11.0. The van der Waals surface area contributed by atoms with Crippen molar-refractivity contribution in [3.8, 4) is 5.75 Å². The highest BCUT2D eigenvalue weighted by molar-refractivity contribution is 7.88. The van der Waals surface area contributed by atoms with Crippen LogP contribution in [0, 0.1) is 5.41 Å². The quantitative estimate of drug-likeness (QED) is 0.264. The van der Waals surface area contributed by atoms with Gasteiger partial charge >= 0.3 is 16.3 Å². The summed E-state index contributed by atoms with van der Waals surface area (Å²) in [5.41, 5.74) is 8.12. The third-order valence-electron chi connectivity index (χ3n) is 6.24. The van der Waals surface area contributed by atoms with Crippen molar-refractivity contribution >= 4 is 51.2 Å². The van der Waals surface area contributed by atoms with E-state index in [2.05, 4.69) is 14.1 Å². The van der Waals surface area contributed by atoms with Gasteiger partial charge < -0.3 is 19.6 Å². The molecule has 1 saturated heterocycles. The van der Waals surface area contributed by atoms with Gasteiger partial charge in [-0.25, -0.2) is 4.31 Å². The first-order valence-electron chi connectivity index (χ1n) is 12.6. The molecule has 12 heteroatoms. The summed E-state index contributed by atoms with van der Waals surface area (Å²) < 4.78 is 37.6. The number of hydrogen-bond acceptors (Lipinski definition) is 8. The smallest absolute Gasteiger partial charge is 0.412 e. The molecule has 0 amide bonds. The van der Waals surface area contributed by atoms with Crippen LogP contribution in [0.25, 0.3) is 6.08 Å². The highest BCUT2D eigenvalue weighted by Crippen LogP contribution is 2.33. The number of nitrogens with two attached hydrogens (primary N) is 1. The molecule has 0 radical (unpaired) electrons. The molecule has 210 valence electrons. The molecule has 1 aromatic heterocycles. The lowest BCUT2D eigenvalue weighted by Crippen LogP contribution is -2.38. The van der Waals surface area contributed by atoms with E-state index < -0.39 is 16.3 Å². The second kappa shape index (κ2) is 12.8. The van der Waals surface area contributed by atoms with E-state index in [1.807, 2.05) is 12.1 Å². The van der Waals surface area contributed by atoms with Gasteiger partial charge in [-0.15, -0.1) is 0 Å². The molecular weight excluding hydrogens is 554 g/mol. The molecule has 1 fully saturated rings. The maximum Gasteiger partial charge on any atom is 0.412 e. The van der Waals surface area contributed by atoms with E-state index in [0.29, 0.717) is 16.9 Å². The molecule has 0 atom stereocenters. The van der Waals surface area contributed by atoms with Gasteiger partial charge in [-0.3, -0.25) is 15.2 Å². The summed E-state index contributed by atoms with van der Waals surface area (Å²) in [4.78, 5) is 17.9. The lowest BCUT2D eigenvalue weighted by Gasteiger charge is -2.33. The number of anilines is 2. The summed E-state index contributed by atoms with van der Waals surface area (Å²) in [5.74, 6) is -0.605. The van der Waals surface area contributed by atoms with E-state index in [1.165, 1.54) is 6.07 Å². The number of nitrogens with one attached hydrogen (secondary N) is 1. The maximum absolute atomic E-state index is 12.9. The second-order valence-electron chi connectivity index (χ2n) is 9.13. The third kappa shape index (κ3) is 7.51. The number of piperidine rings is 1. The number of benzene rings is 2. The average Bonchev–Trinajstić information content (AvgIpc) is 2.92. The van der Waals surface area contributed by atoms with E-state index in [0.717, 1.165) is 42.8 Å². The maximum atomic E-state index is 12.9. The Labute approximate surface area is 238 Å². The number of pyridine rings is 1.